The first-order chi connectivity index (χ1) is 17.9. The summed E-state index contributed by atoms with van der Waals surface area (Å²) in [6.45, 7) is 8.20. The lowest BCUT2D eigenvalue weighted by molar-refractivity contribution is -0.128. The molecule has 0 aromatic heterocycles. The molecule has 2 saturated heterocycles. The number of nitriles is 1. The predicted molar refractivity (Wildman–Crippen MR) is 144 cm³/mol. The summed E-state index contributed by atoms with van der Waals surface area (Å²) in [5, 5.41) is 12.6. The first-order valence-corrected chi connectivity index (χ1v) is 13.8. The van der Waals surface area contributed by atoms with Crippen LogP contribution in [0.4, 0.5) is 14.9 Å². The quantitative estimate of drug-likeness (QED) is 0.578. The van der Waals surface area contributed by atoms with Crippen LogP contribution in [0.3, 0.4) is 0 Å². The minimum atomic E-state index is -0.901. The summed E-state index contributed by atoms with van der Waals surface area (Å²) < 4.78 is 20.7. The number of likely N-dealkylation sites (tertiary alicyclic amines) is 1. The summed E-state index contributed by atoms with van der Waals surface area (Å²) in [5.74, 6) is -0.150. The Kier molecular flexibility index (Phi) is 8.51. The van der Waals surface area contributed by atoms with E-state index in [4.69, 9.17) is 4.74 Å². The van der Waals surface area contributed by atoms with E-state index in [2.05, 4.69) is 35.3 Å². The molecule has 5 unspecified atom stereocenters. The van der Waals surface area contributed by atoms with Gasteiger partial charge in [-0.05, 0) is 96.5 Å². The highest BCUT2D eigenvalue weighted by Gasteiger charge is 2.52. The number of rotatable bonds is 7. The summed E-state index contributed by atoms with van der Waals surface area (Å²) in [5.41, 5.74) is 0.571. The van der Waals surface area contributed by atoms with Crippen molar-refractivity contribution < 1.29 is 18.7 Å². The Morgan fingerprint density at radius 3 is 2.68 bits per heavy atom. The molecule has 1 aliphatic carbocycles. The van der Waals surface area contributed by atoms with E-state index in [1.54, 1.807) is 37.8 Å². The third-order valence-electron chi connectivity index (χ3n) is 7.90. The van der Waals surface area contributed by atoms with Crippen molar-refractivity contribution >= 4 is 17.7 Å². The highest BCUT2D eigenvalue weighted by molar-refractivity contribution is 5.87. The van der Waals surface area contributed by atoms with Crippen molar-refractivity contribution in [3.05, 3.63) is 29.6 Å². The van der Waals surface area contributed by atoms with Gasteiger partial charge in [0, 0.05) is 37.8 Å². The first-order valence-electron chi connectivity index (χ1n) is 13.8. The smallest absolute Gasteiger partial charge is 0.411 e. The molecule has 0 spiro atoms. The van der Waals surface area contributed by atoms with Gasteiger partial charge in [-0.15, -0.1) is 0 Å². The first kappa shape index (κ1) is 28.2. The number of carbonyl (C=O) groups is 2. The molecule has 1 aromatic carbocycles. The monoisotopic (exact) mass is 527 g/mol. The molecule has 9 heteroatoms. The molecule has 2 aliphatic heterocycles. The fourth-order valence-corrected chi connectivity index (χ4v) is 6.37. The van der Waals surface area contributed by atoms with Crippen LogP contribution >= 0.6 is 0 Å². The van der Waals surface area contributed by atoms with Crippen molar-refractivity contribution in [1.82, 2.24) is 15.1 Å². The van der Waals surface area contributed by atoms with Crippen molar-refractivity contribution in [2.45, 2.75) is 83.0 Å². The van der Waals surface area contributed by atoms with Crippen molar-refractivity contribution in [3.8, 4) is 6.07 Å². The number of nitrogens with zero attached hydrogens (tertiary/aromatic N) is 4. The number of hydrogen-bond acceptors (Lipinski definition) is 6. The molecule has 4 rings (SSSR count). The number of fused-ring (bicyclic) bond motifs is 2. The minimum Gasteiger partial charge on any atom is -0.444 e. The molecule has 3 fully saturated rings. The number of piperidine rings is 2. The van der Waals surface area contributed by atoms with E-state index in [-0.39, 0.29) is 30.1 Å². The Hall–Kier alpha value is -2.86. The van der Waals surface area contributed by atoms with Crippen molar-refractivity contribution in [1.29, 1.82) is 5.26 Å². The largest absolute Gasteiger partial charge is 0.444 e. The number of nitrogens with one attached hydrogen (secondary N) is 1. The van der Waals surface area contributed by atoms with Gasteiger partial charge in [0.1, 0.15) is 23.5 Å². The average molecular weight is 528 g/mol. The van der Waals surface area contributed by atoms with Crippen molar-refractivity contribution in [3.63, 3.8) is 0 Å². The molecule has 8 nitrogen and oxygen atoms in total. The highest BCUT2D eigenvalue weighted by atomic mass is 19.1. The van der Waals surface area contributed by atoms with Gasteiger partial charge < -0.3 is 19.9 Å². The lowest BCUT2D eigenvalue weighted by Crippen LogP contribution is -2.55. The molecule has 1 saturated carbocycles. The maximum atomic E-state index is 15.2. The topological polar surface area (TPSA) is 88.9 Å². The van der Waals surface area contributed by atoms with Gasteiger partial charge in [-0.3, -0.25) is 9.69 Å². The van der Waals surface area contributed by atoms with E-state index in [0.29, 0.717) is 11.5 Å². The summed E-state index contributed by atoms with van der Waals surface area (Å²) in [6, 6.07) is 5.70. The fraction of sp³-hybridized carbons (Fsp3) is 0.690. The van der Waals surface area contributed by atoms with E-state index in [1.165, 1.54) is 6.42 Å². The summed E-state index contributed by atoms with van der Waals surface area (Å²) in [4.78, 5) is 32.2. The third kappa shape index (κ3) is 6.58. The van der Waals surface area contributed by atoms with Gasteiger partial charge in [0.2, 0.25) is 5.91 Å². The number of anilines is 1. The zero-order valence-corrected chi connectivity index (χ0v) is 23.4. The van der Waals surface area contributed by atoms with Crippen LogP contribution in [0.25, 0.3) is 0 Å². The molecule has 5 atom stereocenters. The van der Waals surface area contributed by atoms with E-state index >= 15 is 4.39 Å². The van der Waals surface area contributed by atoms with Gasteiger partial charge in [0.05, 0.1) is 6.07 Å². The van der Waals surface area contributed by atoms with Gasteiger partial charge in [0.25, 0.3) is 0 Å². The zero-order valence-electron chi connectivity index (χ0n) is 23.4. The Morgan fingerprint density at radius 2 is 2.03 bits per heavy atom. The summed E-state index contributed by atoms with van der Waals surface area (Å²) in [7, 11) is 4.15. The second-order valence-electron chi connectivity index (χ2n) is 12.4. The Balaban J connectivity index is 1.40. The minimum absolute atomic E-state index is 0.0248. The van der Waals surface area contributed by atoms with Gasteiger partial charge in [-0.1, -0.05) is 6.07 Å². The van der Waals surface area contributed by atoms with Gasteiger partial charge >= 0.3 is 6.09 Å². The molecule has 2 heterocycles. The molecule has 3 aliphatic rings. The molecule has 2 bridgehead atoms. The Morgan fingerprint density at radius 1 is 1.26 bits per heavy atom. The fourth-order valence-electron chi connectivity index (χ4n) is 6.37. The average Bonchev–Trinajstić information content (AvgIpc) is 3.45. The molecule has 0 radical (unpaired) electrons. The zero-order chi connectivity index (χ0) is 27.6. The Bertz CT molecular complexity index is 1070. The summed E-state index contributed by atoms with van der Waals surface area (Å²) in [6.07, 6.45) is 4.29. The van der Waals surface area contributed by atoms with E-state index in [1.807, 2.05) is 6.07 Å². The number of ether oxygens (including phenoxy) is 1. The van der Waals surface area contributed by atoms with Crippen LogP contribution in [-0.4, -0.2) is 79.3 Å². The maximum absolute atomic E-state index is 15.2. The lowest BCUT2D eigenvalue weighted by atomic mass is 9.96. The van der Waals surface area contributed by atoms with Gasteiger partial charge in [-0.25, -0.2) is 9.18 Å². The van der Waals surface area contributed by atoms with Crippen LogP contribution in [0.2, 0.25) is 0 Å². The van der Waals surface area contributed by atoms with Crippen LogP contribution in [-0.2, 0) is 16.0 Å². The third-order valence-corrected chi connectivity index (χ3v) is 7.90. The highest BCUT2D eigenvalue weighted by Crippen LogP contribution is 2.43. The number of hydrogen-bond donors (Lipinski definition) is 1. The molecule has 2 amide bonds. The number of halogens is 1. The maximum Gasteiger partial charge on any atom is 0.411 e. The molecule has 208 valence electrons. The normalized spacial score (nSPS) is 25.8. The predicted octanol–water partition coefficient (Wildman–Crippen LogP) is 3.94. The molecule has 1 N–H and O–H groups in total. The van der Waals surface area contributed by atoms with Crippen LogP contribution in [0, 0.1) is 29.0 Å². The number of carbonyl (C=O) groups excluding carboxylic acids is 2. The van der Waals surface area contributed by atoms with E-state index in [0.717, 1.165) is 51.0 Å². The van der Waals surface area contributed by atoms with Crippen LogP contribution in [0.5, 0.6) is 0 Å². The standard InChI is InChI=1S/C29H42FN5O3/c1-29(2,3)38-28(37)35-24-11-9-21(14-24)26(35)27(36)32-22(16-31)13-20-8-10-23(15-25(20)30)34-12-6-7-19(18-34)17-33(4)5/h8,10,15,19,21-22,24,26H,6-7,9,11-14,17-18H2,1-5H3,(H,32,36). The van der Waals surface area contributed by atoms with Crippen molar-refractivity contribution in [2.75, 3.05) is 38.6 Å². The molecular formula is C29H42FN5O3. The van der Waals surface area contributed by atoms with E-state index in [9.17, 15) is 14.9 Å². The summed E-state index contributed by atoms with van der Waals surface area (Å²) >= 11 is 0. The van der Waals surface area contributed by atoms with Gasteiger partial charge in [-0.2, -0.15) is 5.26 Å². The second-order valence-corrected chi connectivity index (χ2v) is 12.4. The van der Waals surface area contributed by atoms with Crippen LogP contribution in [0.1, 0.15) is 58.4 Å². The second kappa shape index (κ2) is 11.5. The van der Waals surface area contributed by atoms with Crippen LogP contribution < -0.4 is 10.2 Å². The Labute approximate surface area is 226 Å². The lowest BCUT2D eigenvalue weighted by Gasteiger charge is -2.36. The molecular weight excluding hydrogens is 485 g/mol. The van der Waals surface area contributed by atoms with Crippen molar-refractivity contribution in [2.24, 2.45) is 11.8 Å². The van der Waals surface area contributed by atoms with Gasteiger partial charge in [0.15, 0.2) is 0 Å². The number of amides is 2. The van der Waals surface area contributed by atoms with E-state index < -0.39 is 23.8 Å². The number of benzene rings is 1. The molecule has 1 aromatic rings. The SMILES string of the molecule is CN(C)CC1CCCN(c2ccc(CC(C#N)NC(=O)C3C4CCC(C4)N3C(=O)OC(C)(C)C)c(F)c2)C1. The molecule has 38 heavy (non-hydrogen) atoms. The van der Waals surface area contributed by atoms with Crippen LogP contribution in [0.15, 0.2) is 18.2 Å².